The summed E-state index contributed by atoms with van der Waals surface area (Å²) in [6, 6.07) is 10.6. The maximum atomic E-state index is 14.5. The Bertz CT molecular complexity index is 1270. The fraction of sp³-hybridized carbons (Fsp3) is 0.543. The number of anilines is 1. The highest BCUT2D eigenvalue weighted by atomic mass is 16.6. The predicted molar refractivity (Wildman–Crippen MR) is 177 cm³/mol. The molecule has 2 unspecified atom stereocenters. The van der Waals surface area contributed by atoms with Crippen molar-refractivity contribution in [3.8, 4) is 5.75 Å². The predicted octanol–water partition coefficient (Wildman–Crippen LogP) is 6.34. The van der Waals surface area contributed by atoms with Crippen LogP contribution >= 0.6 is 0 Å². The summed E-state index contributed by atoms with van der Waals surface area (Å²) in [7, 11) is 1.57. The molecule has 0 saturated carbocycles. The van der Waals surface area contributed by atoms with E-state index in [2.05, 4.69) is 17.6 Å². The number of amides is 4. The standard InChI is InChI=1S/C35H52N4O6/c1-8-9-10-11-12-13-22-39(33(42)29(20-21-30(36)40)38-34(43)45-35(4,5)6)31(28-23-24(2)14-15-25(28)3)32(41)37-26-16-18-27(44-7)19-17-26/h14-19,23,29,31H,8-13,20-22H2,1-7H3,(H2,36,40)(H,37,41)(H,38,43). The van der Waals surface area contributed by atoms with Crippen molar-refractivity contribution in [2.75, 3.05) is 19.0 Å². The molecule has 2 aromatic rings. The number of carbonyl (C=O) groups excluding carboxylic acids is 4. The van der Waals surface area contributed by atoms with Crippen molar-refractivity contribution in [1.29, 1.82) is 0 Å². The topological polar surface area (TPSA) is 140 Å². The van der Waals surface area contributed by atoms with Gasteiger partial charge in [-0.25, -0.2) is 4.79 Å². The van der Waals surface area contributed by atoms with Crippen molar-refractivity contribution in [3.05, 3.63) is 59.2 Å². The minimum atomic E-state index is -1.14. The molecule has 0 spiro atoms. The van der Waals surface area contributed by atoms with E-state index >= 15 is 0 Å². The van der Waals surface area contributed by atoms with Crippen molar-refractivity contribution in [2.24, 2.45) is 5.73 Å². The van der Waals surface area contributed by atoms with E-state index in [1.54, 1.807) is 52.1 Å². The number of rotatable bonds is 17. The van der Waals surface area contributed by atoms with E-state index in [1.807, 2.05) is 32.0 Å². The van der Waals surface area contributed by atoms with Gasteiger partial charge < -0.3 is 30.7 Å². The fourth-order valence-corrected chi connectivity index (χ4v) is 5.01. The Morgan fingerprint density at radius 2 is 1.58 bits per heavy atom. The number of nitrogens with one attached hydrogen (secondary N) is 2. The minimum absolute atomic E-state index is 0.0416. The van der Waals surface area contributed by atoms with Crippen LogP contribution in [0.3, 0.4) is 0 Å². The number of hydrogen-bond donors (Lipinski definition) is 3. The highest BCUT2D eigenvalue weighted by molar-refractivity contribution is 5.99. The van der Waals surface area contributed by atoms with Crippen LogP contribution in [-0.4, -0.2) is 54.0 Å². The summed E-state index contributed by atoms with van der Waals surface area (Å²) < 4.78 is 10.7. The van der Waals surface area contributed by atoms with Crippen LogP contribution in [0.2, 0.25) is 0 Å². The van der Waals surface area contributed by atoms with Crippen LogP contribution in [0, 0.1) is 13.8 Å². The largest absolute Gasteiger partial charge is 0.497 e. The Morgan fingerprint density at radius 3 is 2.18 bits per heavy atom. The number of nitrogens with two attached hydrogens (primary N) is 1. The second kappa shape index (κ2) is 18.0. The maximum Gasteiger partial charge on any atom is 0.408 e. The normalized spacial score (nSPS) is 12.5. The summed E-state index contributed by atoms with van der Waals surface area (Å²) >= 11 is 0. The van der Waals surface area contributed by atoms with Gasteiger partial charge in [-0.05, 0) is 82.9 Å². The average molecular weight is 625 g/mol. The summed E-state index contributed by atoms with van der Waals surface area (Å²) in [6.45, 7) is 11.4. The number of aryl methyl sites for hydroxylation is 2. The van der Waals surface area contributed by atoms with E-state index in [0.29, 0.717) is 23.4 Å². The van der Waals surface area contributed by atoms with Crippen LogP contribution in [0.4, 0.5) is 10.5 Å². The molecule has 0 fully saturated rings. The third kappa shape index (κ3) is 12.8. The van der Waals surface area contributed by atoms with Gasteiger partial charge in [0.25, 0.3) is 5.91 Å². The first-order chi connectivity index (χ1) is 21.2. The lowest BCUT2D eigenvalue weighted by molar-refractivity contribution is -0.141. The van der Waals surface area contributed by atoms with Crippen molar-refractivity contribution in [2.45, 2.75) is 111 Å². The Balaban J connectivity index is 2.58. The Hall–Kier alpha value is -4.08. The maximum absolute atomic E-state index is 14.5. The number of benzene rings is 2. The molecule has 0 aliphatic heterocycles. The molecular weight excluding hydrogens is 572 g/mol. The molecule has 0 saturated heterocycles. The van der Waals surface area contributed by atoms with E-state index in [-0.39, 0.29) is 19.4 Å². The van der Waals surface area contributed by atoms with Crippen molar-refractivity contribution in [3.63, 3.8) is 0 Å². The molecular formula is C35H52N4O6. The lowest BCUT2D eigenvalue weighted by Crippen LogP contribution is -2.53. The van der Waals surface area contributed by atoms with Gasteiger partial charge in [0.05, 0.1) is 7.11 Å². The number of primary amides is 1. The van der Waals surface area contributed by atoms with Gasteiger partial charge in [0.15, 0.2) is 0 Å². The molecule has 0 aromatic heterocycles. The zero-order valence-corrected chi connectivity index (χ0v) is 28.0. The van der Waals surface area contributed by atoms with Gasteiger partial charge in [0.2, 0.25) is 11.8 Å². The van der Waals surface area contributed by atoms with Crippen LogP contribution in [0.1, 0.15) is 102 Å². The van der Waals surface area contributed by atoms with Gasteiger partial charge >= 0.3 is 6.09 Å². The zero-order valence-electron chi connectivity index (χ0n) is 28.0. The minimum Gasteiger partial charge on any atom is -0.497 e. The van der Waals surface area contributed by atoms with Gasteiger partial charge in [0.1, 0.15) is 23.4 Å². The number of carbonyl (C=O) groups is 4. The first kappa shape index (κ1) is 37.1. The zero-order chi connectivity index (χ0) is 33.6. The molecule has 0 bridgehead atoms. The number of unbranched alkanes of at least 4 members (excludes halogenated alkanes) is 5. The van der Waals surface area contributed by atoms with Crippen LogP contribution in [-0.2, 0) is 19.1 Å². The van der Waals surface area contributed by atoms with Gasteiger partial charge in [-0.1, -0.05) is 62.8 Å². The summed E-state index contributed by atoms with van der Waals surface area (Å²) in [6.07, 6.45) is 4.89. The van der Waals surface area contributed by atoms with E-state index in [1.165, 1.54) is 4.90 Å². The Labute approximate surface area is 268 Å². The summed E-state index contributed by atoms with van der Waals surface area (Å²) in [5.41, 5.74) is 7.63. The van der Waals surface area contributed by atoms with Crippen LogP contribution < -0.4 is 21.1 Å². The molecule has 4 amide bonds. The first-order valence-corrected chi connectivity index (χ1v) is 15.9. The molecule has 2 rings (SSSR count). The highest BCUT2D eigenvalue weighted by Gasteiger charge is 2.37. The quantitative estimate of drug-likeness (QED) is 0.176. The molecule has 248 valence electrons. The molecule has 10 heteroatoms. The number of alkyl carbamates (subject to hydrolysis) is 1. The lowest BCUT2D eigenvalue weighted by Gasteiger charge is -2.35. The second-order valence-corrected chi connectivity index (χ2v) is 12.5. The third-order valence-corrected chi connectivity index (χ3v) is 7.35. The van der Waals surface area contributed by atoms with Gasteiger partial charge in [-0.15, -0.1) is 0 Å². The number of nitrogens with zero attached hydrogens (tertiary/aromatic N) is 1. The van der Waals surface area contributed by atoms with Crippen LogP contribution in [0.25, 0.3) is 0 Å². The first-order valence-electron chi connectivity index (χ1n) is 15.9. The van der Waals surface area contributed by atoms with Crippen molar-refractivity contribution in [1.82, 2.24) is 10.2 Å². The van der Waals surface area contributed by atoms with Crippen molar-refractivity contribution >= 4 is 29.5 Å². The van der Waals surface area contributed by atoms with Crippen molar-refractivity contribution < 1.29 is 28.7 Å². The number of hydrogen-bond acceptors (Lipinski definition) is 6. The summed E-state index contributed by atoms with van der Waals surface area (Å²) in [5.74, 6) is -0.861. The van der Waals surface area contributed by atoms with Gasteiger partial charge in [-0.3, -0.25) is 14.4 Å². The van der Waals surface area contributed by atoms with E-state index in [4.69, 9.17) is 15.2 Å². The molecule has 0 heterocycles. The SMILES string of the molecule is CCCCCCCCN(C(=O)C(CCC(N)=O)NC(=O)OC(C)(C)C)C(C(=O)Nc1ccc(OC)cc1)c1cc(C)ccc1C. The molecule has 10 nitrogen and oxygen atoms in total. The fourth-order valence-electron chi connectivity index (χ4n) is 5.01. The number of methoxy groups -OCH3 is 1. The molecule has 2 atom stereocenters. The molecule has 4 N–H and O–H groups in total. The lowest BCUT2D eigenvalue weighted by atomic mass is 9.95. The van der Waals surface area contributed by atoms with Crippen LogP contribution in [0.5, 0.6) is 5.75 Å². The van der Waals surface area contributed by atoms with E-state index < -0.39 is 41.5 Å². The van der Waals surface area contributed by atoms with Crippen LogP contribution in [0.15, 0.2) is 42.5 Å². The molecule has 0 aliphatic rings. The summed E-state index contributed by atoms with van der Waals surface area (Å²) in [5, 5.41) is 5.63. The molecule has 45 heavy (non-hydrogen) atoms. The third-order valence-electron chi connectivity index (χ3n) is 7.35. The van der Waals surface area contributed by atoms with Gasteiger partial charge in [-0.2, -0.15) is 0 Å². The summed E-state index contributed by atoms with van der Waals surface area (Å²) in [4.78, 5) is 54.9. The Kier molecular flexibility index (Phi) is 14.9. The van der Waals surface area contributed by atoms with E-state index in [9.17, 15) is 19.2 Å². The van der Waals surface area contributed by atoms with E-state index in [0.717, 1.165) is 43.2 Å². The molecule has 2 aromatic carbocycles. The van der Waals surface area contributed by atoms with Gasteiger partial charge in [0, 0.05) is 18.7 Å². The monoisotopic (exact) mass is 624 g/mol. The number of ether oxygens (including phenoxy) is 2. The molecule has 0 radical (unpaired) electrons. The highest BCUT2D eigenvalue weighted by Crippen LogP contribution is 2.29. The average Bonchev–Trinajstić information content (AvgIpc) is 2.97. The second-order valence-electron chi connectivity index (χ2n) is 12.5. The Morgan fingerprint density at radius 1 is 0.933 bits per heavy atom. The molecule has 0 aliphatic carbocycles. The smallest absolute Gasteiger partial charge is 0.408 e.